The lowest BCUT2D eigenvalue weighted by Crippen LogP contribution is -2.28. The molecule has 1 aromatic carbocycles. The maximum atomic E-state index is 12.6. The predicted octanol–water partition coefficient (Wildman–Crippen LogP) is 0.429. The summed E-state index contributed by atoms with van der Waals surface area (Å²) in [5.74, 6) is -0.702. The Morgan fingerprint density at radius 2 is 2.08 bits per heavy atom. The van der Waals surface area contributed by atoms with Crippen LogP contribution in [0, 0.1) is 0 Å². The molecule has 2 rings (SSSR count). The van der Waals surface area contributed by atoms with Crippen molar-refractivity contribution in [2.75, 3.05) is 11.9 Å². The second-order valence-corrected chi connectivity index (χ2v) is 4.95. The van der Waals surface area contributed by atoms with Crippen molar-refractivity contribution in [1.82, 2.24) is 20.6 Å². The first kappa shape index (κ1) is 18.9. The quantitative estimate of drug-likeness (QED) is 0.432. The van der Waals surface area contributed by atoms with Crippen molar-refractivity contribution in [3.8, 4) is 0 Å². The van der Waals surface area contributed by atoms with Crippen molar-refractivity contribution in [3.63, 3.8) is 0 Å². The minimum absolute atomic E-state index is 0.0209. The Kier molecular flexibility index (Phi) is 5.88. The number of rotatable bonds is 6. The molecule has 0 aliphatic carbocycles. The van der Waals surface area contributed by atoms with Gasteiger partial charge in [-0.1, -0.05) is 12.1 Å². The van der Waals surface area contributed by atoms with Gasteiger partial charge in [-0.15, -0.1) is 5.10 Å². The summed E-state index contributed by atoms with van der Waals surface area (Å²) >= 11 is 0. The molecule has 0 saturated heterocycles. The Labute approximate surface area is 143 Å². The lowest BCUT2D eigenvalue weighted by atomic mass is 10.1. The number of nitrogens with zero attached hydrogens (tertiary/aromatic N) is 2. The highest BCUT2D eigenvalue weighted by Crippen LogP contribution is 2.29. The first-order chi connectivity index (χ1) is 12.3. The summed E-state index contributed by atoms with van der Waals surface area (Å²) in [7, 11) is 0. The molecule has 0 saturated carbocycles. The molecule has 0 fully saturated rings. The number of hydrogen-bond acceptors (Lipinski definition) is 6. The fourth-order valence-corrected chi connectivity index (χ4v) is 1.79. The molecular formula is C14H13F3N6O3. The van der Waals surface area contributed by atoms with Gasteiger partial charge in [0.1, 0.15) is 0 Å². The van der Waals surface area contributed by atoms with E-state index in [2.05, 4.69) is 20.9 Å². The van der Waals surface area contributed by atoms with Crippen LogP contribution >= 0.6 is 0 Å². The minimum Gasteiger partial charge on any atom is -0.364 e. The maximum Gasteiger partial charge on any atom is 0.416 e. The van der Waals surface area contributed by atoms with Crippen molar-refractivity contribution in [3.05, 3.63) is 56.2 Å². The van der Waals surface area contributed by atoms with Crippen molar-refractivity contribution in [2.24, 2.45) is 5.10 Å². The van der Waals surface area contributed by atoms with Crippen LogP contribution in [0.15, 0.2) is 39.0 Å². The van der Waals surface area contributed by atoms with Crippen LogP contribution in [0.5, 0.6) is 0 Å². The Balaban J connectivity index is 1.82. The molecule has 4 N–H and O–H groups in total. The number of anilines is 1. The van der Waals surface area contributed by atoms with Gasteiger partial charge < -0.3 is 5.32 Å². The lowest BCUT2D eigenvalue weighted by Gasteiger charge is -2.06. The van der Waals surface area contributed by atoms with Gasteiger partial charge in [0.15, 0.2) is 0 Å². The van der Waals surface area contributed by atoms with Crippen molar-refractivity contribution < 1.29 is 18.0 Å². The third-order valence-corrected chi connectivity index (χ3v) is 2.97. The van der Waals surface area contributed by atoms with E-state index in [1.807, 2.05) is 10.1 Å². The summed E-state index contributed by atoms with van der Waals surface area (Å²) in [6.07, 6.45) is -3.48. The number of nitrogens with one attached hydrogen (secondary N) is 4. The fraction of sp³-hybridized carbons (Fsp3) is 0.214. The first-order valence-electron chi connectivity index (χ1n) is 7.18. The largest absolute Gasteiger partial charge is 0.416 e. The molecule has 2 aromatic rings. The molecule has 26 heavy (non-hydrogen) atoms. The number of alkyl halides is 3. The van der Waals surface area contributed by atoms with Crippen molar-refractivity contribution in [2.45, 2.75) is 12.6 Å². The minimum atomic E-state index is -4.47. The van der Waals surface area contributed by atoms with E-state index in [1.54, 1.807) is 0 Å². The molecule has 0 bridgehead atoms. The van der Waals surface area contributed by atoms with Crippen LogP contribution in [-0.2, 0) is 11.0 Å². The third-order valence-electron chi connectivity index (χ3n) is 2.97. The summed E-state index contributed by atoms with van der Waals surface area (Å²) in [5, 5.41) is 11.6. The summed E-state index contributed by atoms with van der Waals surface area (Å²) in [5.41, 5.74) is -0.0113. The van der Waals surface area contributed by atoms with Gasteiger partial charge >= 0.3 is 11.9 Å². The molecule has 0 unspecified atom stereocenters. The zero-order valence-corrected chi connectivity index (χ0v) is 13.1. The summed E-state index contributed by atoms with van der Waals surface area (Å²) in [6, 6.07) is 4.45. The van der Waals surface area contributed by atoms with Crippen LogP contribution in [0.25, 0.3) is 0 Å². The van der Waals surface area contributed by atoms with Gasteiger partial charge in [-0.3, -0.25) is 14.6 Å². The number of halogens is 3. The molecule has 9 nitrogen and oxygen atoms in total. The monoisotopic (exact) mass is 370 g/mol. The molecule has 0 aliphatic rings. The number of aromatic amines is 2. The number of hydrogen-bond donors (Lipinski definition) is 4. The smallest absolute Gasteiger partial charge is 0.364 e. The Bertz CT molecular complexity index is 919. The molecule has 0 spiro atoms. The highest BCUT2D eigenvalue weighted by atomic mass is 19.4. The van der Waals surface area contributed by atoms with E-state index in [1.165, 1.54) is 12.1 Å². The third kappa shape index (κ3) is 5.58. The van der Waals surface area contributed by atoms with Crippen LogP contribution in [0.3, 0.4) is 0 Å². The van der Waals surface area contributed by atoms with Gasteiger partial charge in [-0.25, -0.2) is 15.3 Å². The lowest BCUT2D eigenvalue weighted by molar-refractivity contribution is -0.137. The highest BCUT2D eigenvalue weighted by Gasteiger charge is 2.30. The SMILES string of the molecule is O=C(CCNc1n[nH]c(=O)[nH]c1=O)N/N=C/c1cccc(C(F)(F)F)c1. The normalized spacial score (nSPS) is 11.5. The van der Waals surface area contributed by atoms with Crippen LogP contribution in [0.2, 0.25) is 0 Å². The number of carbonyl (C=O) groups is 1. The van der Waals surface area contributed by atoms with Gasteiger partial charge in [0, 0.05) is 13.0 Å². The van der Waals surface area contributed by atoms with E-state index < -0.39 is 28.9 Å². The average Bonchev–Trinajstić information content (AvgIpc) is 2.56. The standard InChI is InChI=1S/C14H13F3N6O3/c15-14(16,17)9-3-1-2-8(6-9)7-19-21-10(24)4-5-18-11-12(25)20-13(26)23-22-11/h1-3,6-7H,4-5H2,(H,18,22)(H,21,24)(H2,20,23,25,26)/b19-7+. The van der Waals surface area contributed by atoms with E-state index in [0.717, 1.165) is 18.3 Å². The molecule has 1 aromatic heterocycles. The van der Waals surface area contributed by atoms with Crippen molar-refractivity contribution in [1.29, 1.82) is 0 Å². The summed E-state index contributed by atoms with van der Waals surface area (Å²) in [6.45, 7) is 0.0209. The summed E-state index contributed by atoms with van der Waals surface area (Å²) in [4.78, 5) is 35.7. The Morgan fingerprint density at radius 1 is 1.31 bits per heavy atom. The number of aromatic nitrogens is 3. The van der Waals surface area contributed by atoms with Crippen LogP contribution in [0.4, 0.5) is 19.0 Å². The van der Waals surface area contributed by atoms with Gasteiger partial charge in [0.05, 0.1) is 11.8 Å². The topological polar surface area (TPSA) is 132 Å². The number of carbonyl (C=O) groups excluding carboxylic acids is 1. The Morgan fingerprint density at radius 3 is 2.77 bits per heavy atom. The van der Waals surface area contributed by atoms with E-state index in [0.29, 0.717) is 0 Å². The molecule has 12 heteroatoms. The van der Waals surface area contributed by atoms with Gasteiger partial charge in [-0.05, 0) is 17.7 Å². The molecule has 1 amide bonds. The van der Waals surface area contributed by atoms with Gasteiger partial charge in [-0.2, -0.15) is 18.3 Å². The molecule has 0 atom stereocenters. The molecule has 138 valence electrons. The molecule has 1 heterocycles. The fourth-order valence-electron chi connectivity index (χ4n) is 1.79. The van der Waals surface area contributed by atoms with Gasteiger partial charge in [0.25, 0.3) is 5.56 Å². The molecule has 0 radical (unpaired) electrons. The van der Waals surface area contributed by atoms with E-state index >= 15 is 0 Å². The maximum absolute atomic E-state index is 12.6. The number of benzene rings is 1. The van der Waals surface area contributed by atoms with Gasteiger partial charge in [0.2, 0.25) is 11.7 Å². The number of H-pyrrole nitrogens is 2. The number of amides is 1. The van der Waals surface area contributed by atoms with E-state index in [9.17, 15) is 27.6 Å². The molecular weight excluding hydrogens is 357 g/mol. The van der Waals surface area contributed by atoms with Crippen molar-refractivity contribution >= 4 is 17.9 Å². The van der Waals surface area contributed by atoms with E-state index in [4.69, 9.17) is 0 Å². The zero-order valence-electron chi connectivity index (χ0n) is 13.1. The van der Waals surface area contributed by atoms with Crippen LogP contribution < -0.4 is 22.0 Å². The second-order valence-electron chi connectivity index (χ2n) is 4.95. The van der Waals surface area contributed by atoms with E-state index in [-0.39, 0.29) is 24.3 Å². The second kappa shape index (κ2) is 8.09. The summed E-state index contributed by atoms with van der Waals surface area (Å²) < 4.78 is 37.7. The number of hydrazone groups is 1. The Hall–Kier alpha value is -3.44. The first-order valence-corrected chi connectivity index (χ1v) is 7.18. The zero-order chi connectivity index (χ0) is 19.2. The van der Waals surface area contributed by atoms with Crippen LogP contribution in [-0.4, -0.2) is 33.8 Å². The predicted molar refractivity (Wildman–Crippen MR) is 85.8 cm³/mol. The highest BCUT2D eigenvalue weighted by molar-refractivity contribution is 5.82. The average molecular weight is 370 g/mol. The molecule has 0 aliphatic heterocycles. The van der Waals surface area contributed by atoms with Crippen LogP contribution in [0.1, 0.15) is 17.5 Å².